The standard InChI is InChI=1S/C13H13BrN4O2S2/c1-7-9(14)6-21-13(7)22(19,20)18-8-2-3-10-11(4-8)17-12(5-15)16-10/h2-4,6,18H,5,15H2,1H3,(H,16,17). The number of anilines is 1. The molecule has 3 rings (SSSR count). The molecule has 0 amide bonds. The first-order valence-electron chi connectivity index (χ1n) is 6.36. The van der Waals surface area contributed by atoms with Crippen LogP contribution in [0.15, 0.2) is 32.3 Å². The zero-order chi connectivity index (χ0) is 15.9. The van der Waals surface area contributed by atoms with Gasteiger partial charge in [-0.3, -0.25) is 4.72 Å². The molecule has 4 N–H and O–H groups in total. The molecule has 0 bridgehead atoms. The van der Waals surface area contributed by atoms with Crippen molar-refractivity contribution in [2.45, 2.75) is 17.7 Å². The van der Waals surface area contributed by atoms with Gasteiger partial charge in [0.15, 0.2) is 0 Å². The van der Waals surface area contributed by atoms with Gasteiger partial charge in [-0.2, -0.15) is 0 Å². The first-order chi connectivity index (χ1) is 10.4. The summed E-state index contributed by atoms with van der Waals surface area (Å²) in [4.78, 5) is 7.33. The molecule has 2 heterocycles. The molecule has 0 unspecified atom stereocenters. The Morgan fingerprint density at radius 1 is 1.45 bits per heavy atom. The van der Waals surface area contributed by atoms with Crippen LogP contribution >= 0.6 is 27.3 Å². The summed E-state index contributed by atoms with van der Waals surface area (Å²) in [5, 5.41) is 1.76. The Morgan fingerprint density at radius 3 is 2.86 bits per heavy atom. The van der Waals surface area contributed by atoms with Gasteiger partial charge in [-0.1, -0.05) is 0 Å². The number of aromatic nitrogens is 2. The van der Waals surface area contributed by atoms with Crippen LogP contribution in [-0.2, 0) is 16.6 Å². The average molecular weight is 401 g/mol. The number of halogens is 1. The third kappa shape index (κ3) is 2.76. The molecule has 6 nitrogen and oxygen atoms in total. The van der Waals surface area contributed by atoms with E-state index in [1.54, 1.807) is 30.5 Å². The van der Waals surface area contributed by atoms with Gasteiger partial charge in [0.25, 0.3) is 10.0 Å². The summed E-state index contributed by atoms with van der Waals surface area (Å²) in [5.41, 5.74) is 8.20. The molecule has 0 saturated carbocycles. The maximum absolute atomic E-state index is 12.5. The molecule has 1 aromatic carbocycles. The lowest BCUT2D eigenvalue weighted by Crippen LogP contribution is -2.12. The topological polar surface area (TPSA) is 101 Å². The van der Waals surface area contributed by atoms with Gasteiger partial charge in [0, 0.05) is 9.85 Å². The second kappa shape index (κ2) is 5.65. The van der Waals surface area contributed by atoms with Crippen molar-refractivity contribution in [2.24, 2.45) is 5.73 Å². The van der Waals surface area contributed by atoms with Gasteiger partial charge < -0.3 is 10.7 Å². The van der Waals surface area contributed by atoms with Crippen LogP contribution in [0, 0.1) is 6.92 Å². The van der Waals surface area contributed by atoms with Gasteiger partial charge in [-0.25, -0.2) is 13.4 Å². The fourth-order valence-electron chi connectivity index (χ4n) is 2.07. The minimum atomic E-state index is -3.61. The van der Waals surface area contributed by atoms with E-state index in [0.717, 1.165) is 15.5 Å². The van der Waals surface area contributed by atoms with E-state index in [1.807, 2.05) is 0 Å². The highest BCUT2D eigenvalue weighted by molar-refractivity contribution is 9.10. The van der Waals surface area contributed by atoms with Crippen molar-refractivity contribution in [2.75, 3.05) is 4.72 Å². The number of fused-ring (bicyclic) bond motifs is 1. The van der Waals surface area contributed by atoms with Crippen LogP contribution in [-0.4, -0.2) is 18.4 Å². The summed E-state index contributed by atoms with van der Waals surface area (Å²) in [7, 11) is -3.61. The first-order valence-corrected chi connectivity index (χ1v) is 9.51. The van der Waals surface area contributed by atoms with Crippen LogP contribution < -0.4 is 10.5 Å². The molecule has 0 spiro atoms. The summed E-state index contributed by atoms with van der Waals surface area (Å²) in [6.07, 6.45) is 0. The van der Waals surface area contributed by atoms with E-state index in [-0.39, 0.29) is 0 Å². The lowest BCUT2D eigenvalue weighted by Gasteiger charge is -2.07. The zero-order valence-electron chi connectivity index (χ0n) is 11.6. The van der Waals surface area contributed by atoms with Gasteiger partial charge in [-0.05, 0) is 46.6 Å². The molecule has 9 heteroatoms. The molecule has 0 aliphatic carbocycles. The second-order valence-corrected chi connectivity index (χ2v) is 8.33. The predicted molar refractivity (Wildman–Crippen MR) is 91.5 cm³/mol. The largest absolute Gasteiger partial charge is 0.341 e. The van der Waals surface area contributed by atoms with Crippen molar-refractivity contribution in [1.82, 2.24) is 9.97 Å². The smallest absolute Gasteiger partial charge is 0.271 e. The molecule has 22 heavy (non-hydrogen) atoms. The average Bonchev–Trinajstić information content (AvgIpc) is 3.02. The van der Waals surface area contributed by atoms with Gasteiger partial charge in [0.1, 0.15) is 10.0 Å². The molecular formula is C13H13BrN4O2S2. The Bertz CT molecular complexity index is 946. The number of H-pyrrole nitrogens is 1. The predicted octanol–water partition coefficient (Wildman–Crippen LogP) is 2.95. The number of hydrogen-bond acceptors (Lipinski definition) is 5. The highest BCUT2D eigenvalue weighted by Crippen LogP contribution is 2.31. The Labute approximate surface area is 139 Å². The number of benzene rings is 1. The number of rotatable bonds is 4. The van der Waals surface area contributed by atoms with E-state index in [1.165, 1.54) is 11.3 Å². The van der Waals surface area contributed by atoms with E-state index in [2.05, 4.69) is 30.6 Å². The third-order valence-corrected chi connectivity index (χ3v) is 7.40. The summed E-state index contributed by atoms with van der Waals surface area (Å²) >= 11 is 4.51. The fourth-order valence-corrected chi connectivity index (χ4v) is 5.30. The van der Waals surface area contributed by atoms with Gasteiger partial charge in [-0.15, -0.1) is 11.3 Å². The van der Waals surface area contributed by atoms with Crippen LogP contribution in [0.25, 0.3) is 11.0 Å². The minimum absolute atomic E-state index is 0.298. The Balaban J connectivity index is 1.96. The SMILES string of the molecule is Cc1c(Br)csc1S(=O)(=O)Nc1ccc2nc(CN)[nH]c2c1. The number of thiophene rings is 1. The minimum Gasteiger partial charge on any atom is -0.341 e. The highest BCUT2D eigenvalue weighted by Gasteiger charge is 2.20. The zero-order valence-corrected chi connectivity index (χ0v) is 14.8. The van der Waals surface area contributed by atoms with Crippen molar-refractivity contribution in [3.63, 3.8) is 0 Å². The molecule has 0 saturated heterocycles. The molecular weight excluding hydrogens is 388 g/mol. The lowest BCUT2D eigenvalue weighted by molar-refractivity contribution is 0.602. The summed E-state index contributed by atoms with van der Waals surface area (Å²) in [6, 6.07) is 5.13. The summed E-state index contributed by atoms with van der Waals surface area (Å²) in [5.74, 6) is 0.660. The molecule has 0 aliphatic rings. The number of nitrogens with one attached hydrogen (secondary N) is 2. The summed E-state index contributed by atoms with van der Waals surface area (Å²) < 4.78 is 28.6. The number of nitrogens with zero attached hydrogens (tertiary/aromatic N) is 1. The molecule has 116 valence electrons. The van der Waals surface area contributed by atoms with Crippen molar-refractivity contribution in [3.8, 4) is 0 Å². The van der Waals surface area contributed by atoms with E-state index < -0.39 is 10.0 Å². The normalized spacial score (nSPS) is 12.0. The van der Waals surface area contributed by atoms with Crippen LogP contribution in [0.3, 0.4) is 0 Å². The molecule has 3 aromatic rings. The van der Waals surface area contributed by atoms with Crippen molar-refractivity contribution >= 4 is 54.0 Å². The van der Waals surface area contributed by atoms with E-state index in [9.17, 15) is 8.42 Å². The van der Waals surface area contributed by atoms with Crippen molar-refractivity contribution in [1.29, 1.82) is 0 Å². The number of hydrogen-bond donors (Lipinski definition) is 3. The Morgan fingerprint density at radius 2 is 2.23 bits per heavy atom. The highest BCUT2D eigenvalue weighted by atomic mass is 79.9. The van der Waals surface area contributed by atoms with E-state index in [0.29, 0.717) is 27.8 Å². The van der Waals surface area contributed by atoms with Crippen LogP contribution in [0.4, 0.5) is 5.69 Å². The van der Waals surface area contributed by atoms with Gasteiger partial charge in [0.2, 0.25) is 0 Å². The molecule has 0 aliphatic heterocycles. The fraction of sp³-hybridized carbons (Fsp3) is 0.154. The molecule has 0 fully saturated rings. The van der Waals surface area contributed by atoms with Crippen LogP contribution in [0.5, 0.6) is 0 Å². The van der Waals surface area contributed by atoms with Gasteiger partial charge in [0.05, 0.1) is 23.3 Å². The maximum Gasteiger partial charge on any atom is 0.271 e. The molecule has 0 radical (unpaired) electrons. The molecule has 2 aromatic heterocycles. The number of sulfonamides is 1. The van der Waals surface area contributed by atoms with Crippen LogP contribution in [0.1, 0.15) is 11.4 Å². The summed E-state index contributed by atoms with van der Waals surface area (Å²) in [6.45, 7) is 2.07. The first kappa shape index (κ1) is 15.5. The Hall–Kier alpha value is -1.42. The third-order valence-electron chi connectivity index (χ3n) is 3.15. The number of imidazole rings is 1. The monoisotopic (exact) mass is 400 g/mol. The van der Waals surface area contributed by atoms with Crippen LogP contribution in [0.2, 0.25) is 0 Å². The van der Waals surface area contributed by atoms with Gasteiger partial charge >= 0.3 is 0 Å². The number of aromatic amines is 1. The second-order valence-electron chi connectivity index (χ2n) is 4.72. The molecule has 0 atom stereocenters. The van der Waals surface area contributed by atoms with Crippen molar-refractivity contribution < 1.29 is 8.42 Å². The van der Waals surface area contributed by atoms with E-state index in [4.69, 9.17) is 5.73 Å². The van der Waals surface area contributed by atoms with Crippen molar-refractivity contribution in [3.05, 3.63) is 39.4 Å². The van der Waals surface area contributed by atoms with E-state index >= 15 is 0 Å². The lowest BCUT2D eigenvalue weighted by atomic mass is 10.3. The maximum atomic E-state index is 12.5. The quantitative estimate of drug-likeness (QED) is 0.626. The Kier molecular flexibility index (Phi) is 3.98. The number of nitrogens with two attached hydrogens (primary N) is 1.